The van der Waals surface area contributed by atoms with E-state index in [2.05, 4.69) is 19.2 Å². The molecule has 17 heavy (non-hydrogen) atoms. The van der Waals surface area contributed by atoms with E-state index in [1.807, 2.05) is 6.92 Å². The molecule has 3 nitrogen and oxygen atoms in total. The maximum atomic E-state index is 12.0. The van der Waals surface area contributed by atoms with Crippen LogP contribution >= 0.6 is 0 Å². The van der Waals surface area contributed by atoms with Crippen LogP contribution in [0.3, 0.4) is 0 Å². The van der Waals surface area contributed by atoms with Crippen molar-refractivity contribution < 1.29 is 9.53 Å². The zero-order valence-corrected chi connectivity index (χ0v) is 11.2. The Hall–Kier alpha value is -0.570. The molecule has 0 aliphatic heterocycles. The predicted octanol–water partition coefficient (Wildman–Crippen LogP) is 2.21. The van der Waals surface area contributed by atoms with Crippen molar-refractivity contribution in [1.82, 2.24) is 5.32 Å². The number of carbonyl (C=O) groups excluding carboxylic acids is 1. The lowest BCUT2D eigenvalue weighted by molar-refractivity contribution is -0.150. The molecule has 2 rings (SSSR count). The number of hydrogen-bond donors (Lipinski definition) is 1. The van der Waals surface area contributed by atoms with Crippen molar-refractivity contribution in [3.05, 3.63) is 0 Å². The van der Waals surface area contributed by atoms with Crippen LogP contribution < -0.4 is 5.32 Å². The third kappa shape index (κ3) is 2.65. The molecule has 0 radical (unpaired) electrons. The molecule has 0 aromatic heterocycles. The minimum Gasteiger partial charge on any atom is -0.466 e. The topological polar surface area (TPSA) is 38.3 Å². The molecule has 0 saturated heterocycles. The molecule has 2 bridgehead atoms. The minimum absolute atomic E-state index is 0.0287. The molecule has 4 atom stereocenters. The number of carbonyl (C=O) groups is 1. The van der Waals surface area contributed by atoms with E-state index in [9.17, 15) is 4.79 Å². The van der Waals surface area contributed by atoms with Crippen LogP contribution in [0.1, 0.15) is 40.0 Å². The number of nitrogens with one attached hydrogen (secondary N) is 1. The van der Waals surface area contributed by atoms with Gasteiger partial charge in [-0.2, -0.15) is 0 Å². The fourth-order valence-electron chi connectivity index (χ4n) is 3.53. The van der Waals surface area contributed by atoms with Gasteiger partial charge >= 0.3 is 5.97 Å². The van der Waals surface area contributed by atoms with Gasteiger partial charge in [0.15, 0.2) is 0 Å². The van der Waals surface area contributed by atoms with Gasteiger partial charge in [-0.05, 0) is 50.5 Å². The summed E-state index contributed by atoms with van der Waals surface area (Å²) >= 11 is 0. The number of esters is 1. The van der Waals surface area contributed by atoms with E-state index in [1.54, 1.807) is 0 Å². The highest BCUT2D eigenvalue weighted by Crippen LogP contribution is 2.48. The zero-order valence-electron chi connectivity index (χ0n) is 11.2. The molecule has 0 aromatic rings. The maximum Gasteiger partial charge on any atom is 0.310 e. The Bertz CT molecular complexity index is 277. The molecule has 2 aliphatic carbocycles. The maximum absolute atomic E-state index is 12.0. The summed E-state index contributed by atoms with van der Waals surface area (Å²) in [6.45, 7) is 7.81. The standard InChI is InChI=1S/C14H25NO2/c1-4-17-14(16)12-10-5-6-11(7-10)13(12)15-8-9(2)3/h9-13,15H,4-8H2,1-3H3. The average Bonchev–Trinajstić information content (AvgIpc) is 2.86. The van der Waals surface area contributed by atoms with Crippen molar-refractivity contribution in [2.45, 2.75) is 46.1 Å². The molecule has 98 valence electrons. The lowest BCUT2D eigenvalue weighted by atomic mass is 9.84. The third-order valence-corrected chi connectivity index (χ3v) is 4.24. The van der Waals surface area contributed by atoms with Crippen LogP contribution in [0, 0.1) is 23.7 Å². The predicted molar refractivity (Wildman–Crippen MR) is 67.6 cm³/mol. The summed E-state index contributed by atoms with van der Waals surface area (Å²) in [6.07, 6.45) is 3.73. The fraction of sp³-hybridized carbons (Fsp3) is 0.929. The first-order valence-corrected chi connectivity index (χ1v) is 7.03. The van der Waals surface area contributed by atoms with Gasteiger partial charge in [0.1, 0.15) is 0 Å². The SMILES string of the molecule is CCOC(=O)C1C2CCC(C2)C1NCC(C)C. The van der Waals surface area contributed by atoms with Gasteiger partial charge in [-0.25, -0.2) is 0 Å². The van der Waals surface area contributed by atoms with E-state index in [0.29, 0.717) is 30.4 Å². The highest BCUT2D eigenvalue weighted by molar-refractivity contribution is 5.74. The number of fused-ring (bicyclic) bond motifs is 2. The quantitative estimate of drug-likeness (QED) is 0.748. The molecular weight excluding hydrogens is 214 g/mol. The molecule has 3 heteroatoms. The first-order chi connectivity index (χ1) is 8.13. The van der Waals surface area contributed by atoms with Gasteiger partial charge in [-0.3, -0.25) is 4.79 Å². The van der Waals surface area contributed by atoms with Gasteiger partial charge in [0, 0.05) is 6.04 Å². The second-order valence-electron chi connectivity index (χ2n) is 5.94. The lowest BCUT2D eigenvalue weighted by Gasteiger charge is -2.30. The van der Waals surface area contributed by atoms with Crippen LogP contribution in [-0.2, 0) is 9.53 Å². The van der Waals surface area contributed by atoms with E-state index in [-0.39, 0.29) is 11.9 Å². The Kier molecular flexibility index (Phi) is 4.08. The molecule has 0 aromatic carbocycles. The van der Waals surface area contributed by atoms with E-state index in [1.165, 1.54) is 19.3 Å². The summed E-state index contributed by atoms with van der Waals surface area (Å²) in [7, 11) is 0. The Morgan fingerprint density at radius 1 is 1.35 bits per heavy atom. The van der Waals surface area contributed by atoms with E-state index >= 15 is 0 Å². The van der Waals surface area contributed by atoms with Crippen molar-refractivity contribution in [1.29, 1.82) is 0 Å². The van der Waals surface area contributed by atoms with Crippen LogP contribution in [0.15, 0.2) is 0 Å². The average molecular weight is 239 g/mol. The summed E-state index contributed by atoms with van der Waals surface area (Å²) in [5, 5.41) is 3.60. The number of rotatable bonds is 5. The molecule has 0 heterocycles. The lowest BCUT2D eigenvalue weighted by Crippen LogP contribution is -2.46. The number of ether oxygens (including phenoxy) is 1. The molecule has 2 fully saturated rings. The zero-order chi connectivity index (χ0) is 12.4. The molecule has 2 saturated carbocycles. The number of hydrogen-bond acceptors (Lipinski definition) is 3. The molecular formula is C14H25NO2. The third-order valence-electron chi connectivity index (χ3n) is 4.24. The normalized spacial score (nSPS) is 35.5. The smallest absolute Gasteiger partial charge is 0.310 e. The largest absolute Gasteiger partial charge is 0.466 e. The Balaban J connectivity index is 1.98. The van der Waals surface area contributed by atoms with E-state index in [0.717, 1.165) is 6.54 Å². The summed E-state index contributed by atoms with van der Waals surface area (Å²) < 4.78 is 5.24. The second-order valence-corrected chi connectivity index (χ2v) is 5.94. The first kappa shape index (κ1) is 12.9. The fourth-order valence-corrected chi connectivity index (χ4v) is 3.53. The Morgan fingerprint density at radius 2 is 2.06 bits per heavy atom. The van der Waals surface area contributed by atoms with Crippen molar-refractivity contribution in [3.63, 3.8) is 0 Å². The highest BCUT2D eigenvalue weighted by atomic mass is 16.5. The highest BCUT2D eigenvalue weighted by Gasteiger charge is 2.51. The summed E-state index contributed by atoms with van der Waals surface area (Å²) in [6, 6.07) is 0.371. The van der Waals surface area contributed by atoms with Crippen LogP contribution in [0.4, 0.5) is 0 Å². The van der Waals surface area contributed by atoms with E-state index in [4.69, 9.17) is 4.74 Å². The molecule has 2 aliphatic rings. The molecule has 0 spiro atoms. The van der Waals surface area contributed by atoms with Crippen LogP contribution in [-0.4, -0.2) is 25.2 Å². The van der Waals surface area contributed by atoms with Gasteiger partial charge < -0.3 is 10.1 Å². The minimum atomic E-state index is 0.0287. The van der Waals surface area contributed by atoms with Crippen LogP contribution in [0.2, 0.25) is 0 Å². The monoisotopic (exact) mass is 239 g/mol. The van der Waals surface area contributed by atoms with Gasteiger partial charge in [-0.1, -0.05) is 13.8 Å². The van der Waals surface area contributed by atoms with Crippen LogP contribution in [0.5, 0.6) is 0 Å². The van der Waals surface area contributed by atoms with Gasteiger partial charge in [0.25, 0.3) is 0 Å². The van der Waals surface area contributed by atoms with Gasteiger partial charge in [0.05, 0.1) is 12.5 Å². The second kappa shape index (κ2) is 5.38. The first-order valence-electron chi connectivity index (χ1n) is 7.03. The summed E-state index contributed by atoms with van der Waals surface area (Å²) in [4.78, 5) is 12.0. The van der Waals surface area contributed by atoms with E-state index < -0.39 is 0 Å². The van der Waals surface area contributed by atoms with Crippen molar-refractivity contribution in [2.75, 3.05) is 13.2 Å². The van der Waals surface area contributed by atoms with Crippen molar-refractivity contribution >= 4 is 5.97 Å². The molecule has 4 unspecified atom stereocenters. The van der Waals surface area contributed by atoms with Gasteiger partial charge in [0.2, 0.25) is 0 Å². The Labute approximate surface area is 104 Å². The van der Waals surface area contributed by atoms with Crippen LogP contribution in [0.25, 0.3) is 0 Å². The summed E-state index contributed by atoms with van der Waals surface area (Å²) in [5.41, 5.74) is 0. The van der Waals surface area contributed by atoms with Gasteiger partial charge in [-0.15, -0.1) is 0 Å². The van der Waals surface area contributed by atoms with Crippen molar-refractivity contribution in [3.8, 4) is 0 Å². The Morgan fingerprint density at radius 3 is 2.71 bits per heavy atom. The molecule has 0 amide bonds. The molecule has 1 N–H and O–H groups in total. The van der Waals surface area contributed by atoms with Crippen molar-refractivity contribution in [2.24, 2.45) is 23.7 Å². The summed E-state index contributed by atoms with van der Waals surface area (Å²) in [5.74, 6) is 2.06.